The van der Waals surface area contributed by atoms with E-state index >= 15 is 0 Å². The van der Waals surface area contributed by atoms with Crippen LogP contribution in [0.4, 0.5) is 0 Å². The van der Waals surface area contributed by atoms with Gasteiger partial charge in [0.15, 0.2) is 0 Å². The Balaban J connectivity index is 3.20. The minimum atomic E-state index is -4.42. The van der Waals surface area contributed by atoms with E-state index in [0.717, 1.165) is 18.2 Å². The first-order valence-corrected chi connectivity index (χ1v) is 6.17. The molecule has 1 aromatic rings. The molecule has 0 unspecified atom stereocenters. The highest BCUT2D eigenvalue weighted by molar-refractivity contribution is 7.85. The Morgan fingerprint density at radius 1 is 1.35 bits per heavy atom. The van der Waals surface area contributed by atoms with Gasteiger partial charge in [-0.1, -0.05) is 0 Å². The van der Waals surface area contributed by atoms with E-state index in [4.69, 9.17) is 9.29 Å². The lowest BCUT2D eigenvalue weighted by molar-refractivity contribution is 0.0374. The van der Waals surface area contributed by atoms with Gasteiger partial charge in [0.25, 0.3) is 10.1 Å². The van der Waals surface area contributed by atoms with Crippen LogP contribution in [0.2, 0.25) is 0 Å². The number of hydrogen-bond donors (Lipinski definition) is 2. The second kappa shape index (κ2) is 4.72. The summed E-state index contributed by atoms with van der Waals surface area (Å²) in [7, 11) is -4.42. The van der Waals surface area contributed by atoms with Gasteiger partial charge in [0.1, 0.15) is 11.3 Å². The molecule has 0 saturated carbocycles. The summed E-state index contributed by atoms with van der Waals surface area (Å²) in [5, 5.41) is 9.41. The zero-order valence-electron chi connectivity index (χ0n) is 9.25. The maximum absolute atomic E-state index is 11.5. The lowest BCUT2D eigenvalue weighted by Gasteiger charge is -2.09. The Labute approximate surface area is 98.6 Å². The number of rotatable bonds is 3. The van der Waals surface area contributed by atoms with Crippen molar-refractivity contribution >= 4 is 16.1 Å². The number of esters is 1. The fraction of sp³-hybridized carbons (Fsp3) is 0.300. The van der Waals surface area contributed by atoms with Crippen LogP contribution >= 0.6 is 0 Å². The van der Waals surface area contributed by atoms with E-state index in [1.165, 1.54) is 0 Å². The van der Waals surface area contributed by atoms with Gasteiger partial charge in [-0.3, -0.25) is 4.55 Å². The van der Waals surface area contributed by atoms with Crippen molar-refractivity contribution in [3.05, 3.63) is 23.8 Å². The Kier molecular flexibility index (Phi) is 3.74. The summed E-state index contributed by atoms with van der Waals surface area (Å²) in [6, 6.07) is 2.84. The van der Waals surface area contributed by atoms with Gasteiger partial charge in [-0.05, 0) is 32.0 Å². The second-order valence-corrected chi connectivity index (χ2v) is 5.03. The molecule has 2 N–H and O–H groups in total. The van der Waals surface area contributed by atoms with Crippen molar-refractivity contribution in [2.45, 2.75) is 24.8 Å². The molecule has 0 aliphatic rings. The number of benzene rings is 1. The average molecular weight is 260 g/mol. The minimum absolute atomic E-state index is 0.311. The fourth-order valence-corrected chi connectivity index (χ4v) is 1.62. The smallest absolute Gasteiger partial charge is 0.342 e. The van der Waals surface area contributed by atoms with Crippen molar-refractivity contribution in [2.75, 3.05) is 0 Å². The van der Waals surface area contributed by atoms with Gasteiger partial charge in [-0.2, -0.15) is 8.42 Å². The molecule has 0 bridgehead atoms. The van der Waals surface area contributed by atoms with Gasteiger partial charge in [-0.25, -0.2) is 4.79 Å². The van der Waals surface area contributed by atoms with Crippen LogP contribution in [0.5, 0.6) is 5.75 Å². The standard InChI is InChI=1S/C10H12O6S/c1-6(2)16-10(12)8-5-7(17(13,14)15)3-4-9(8)11/h3-6,11H,1-2H3,(H,13,14,15). The van der Waals surface area contributed by atoms with Crippen LogP contribution in [0.3, 0.4) is 0 Å². The molecule has 0 spiro atoms. The summed E-state index contributed by atoms with van der Waals surface area (Å²) in [4.78, 5) is 11.0. The first kappa shape index (κ1) is 13.5. The Hall–Kier alpha value is -1.60. The number of carbonyl (C=O) groups excluding carboxylic acids is 1. The van der Waals surface area contributed by atoms with Gasteiger partial charge in [0.05, 0.1) is 11.0 Å². The Morgan fingerprint density at radius 3 is 2.41 bits per heavy atom. The SMILES string of the molecule is CC(C)OC(=O)c1cc(S(=O)(=O)O)ccc1O. The Bertz CT molecular complexity index is 532. The van der Waals surface area contributed by atoms with Crippen LogP contribution in [0.25, 0.3) is 0 Å². The number of phenols is 1. The minimum Gasteiger partial charge on any atom is -0.507 e. The normalized spacial score (nSPS) is 11.5. The molecule has 0 aliphatic carbocycles. The van der Waals surface area contributed by atoms with Crippen LogP contribution in [0, 0.1) is 0 Å². The Morgan fingerprint density at radius 2 is 1.94 bits per heavy atom. The molecule has 0 aromatic heterocycles. The molecule has 1 aromatic carbocycles. The molecule has 0 saturated heterocycles. The molecule has 17 heavy (non-hydrogen) atoms. The van der Waals surface area contributed by atoms with E-state index < -0.39 is 32.8 Å². The van der Waals surface area contributed by atoms with Crippen LogP contribution < -0.4 is 0 Å². The van der Waals surface area contributed by atoms with Crippen LogP contribution in [0.1, 0.15) is 24.2 Å². The molecule has 0 amide bonds. The van der Waals surface area contributed by atoms with E-state index in [0.29, 0.717) is 0 Å². The van der Waals surface area contributed by atoms with Crippen molar-refractivity contribution in [3.8, 4) is 5.75 Å². The summed E-state index contributed by atoms with van der Waals surface area (Å²) in [6.45, 7) is 3.23. The first-order chi connectivity index (χ1) is 7.71. The van der Waals surface area contributed by atoms with Gasteiger partial charge < -0.3 is 9.84 Å². The van der Waals surface area contributed by atoms with E-state index in [1.54, 1.807) is 13.8 Å². The summed E-state index contributed by atoms with van der Waals surface area (Å²) in [6.07, 6.45) is -0.406. The molecular formula is C10H12O6S. The first-order valence-electron chi connectivity index (χ1n) is 4.73. The van der Waals surface area contributed by atoms with Crippen molar-refractivity contribution in [1.29, 1.82) is 0 Å². The van der Waals surface area contributed by atoms with Crippen molar-refractivity contribution < 1.29 is 27.6 Å². The number of ether oxygens (including phenoxy) is 1. The summed E-state index contributed by atoms with van der Waals surface area (Å²) < 4.78 is 35.3. The fourth-order valence-electron chi connectivity index (χ4n) is 1.12. The number of phenolic OH excluding ortho intramolecular Hbond substituents is 1. The largest absolute Gasteiger partial charge is 0.507 e. The number of hydrogen-bond acceptors (Lipinski definition) is 5. The zero-order chi connectivity index (χ0) is 13.2. The van der Waals surface area contributed by atoms with Crippen LogP contribution in [-0.2, 0) is 14.9 Å². The monoisotopic (exact) mass is 260 g/mol. The maximum Gasteiger partial charge on any atom is 0.342 e. The molecule has 0 atom stereocenters. The van der Waals surface area contributed by atoms with Crippen molar-refractivity contribution in [1.82, 2.24) is 0 Å². The second-order valence-electron chi connectivity index (χ2n) is 3.61. The molecule has 94 valence electrons. The van der Waals surface area contributed by atoms with E-state index in [2.05, 4.69) is 0 Å². The average Bonchev–Trinajstić information content (AvgIpc) is 2.15. The predicted molar refractivity (Wildman–Crippen MR) is 58.5 cm³/mol. The van der Waals surface area contributed by atoms with Crippen molar-refractivity contribution in [3.63, 3.8) is 0 Å². The topological polar surface area (TPSA) is 101 Å². The third-order valence-corrected chi connectivity index (χ3v) is 2.68. The van der Waals surface area contributed by atoms with Crippen LogP contribution in [-0.4, -0.2) is 30.2 Å². The lowest BCUT2D eigenvalue weighted by Crippen LogP contribution is -2.12. The summed E-state index contributed by atoms with van der Waals surface area (Å²) >= 11 is 0. The van der Waals surface area contributed by atoms with E-state index in [9.17, 15) is 18.3 Å². The molecule has 7 heteroatoms. The van der Waals surface area contributed by atoms with Gasteiger partial charge in [-0.15, -0.1) is 0 Å². The van der Waals surface area contributed by atoms with Crippen LogP contribution in [0.15, 0.2) is 23.1 Å². The molecule has 6 nitrogen and oxygen atoms in total. The zero-order valence-corrected chi connectivity index (χ0v) is 10.1. The van der Waals surface area contributed by atoms with Crippen molar-refractivity contribution in [2.24, 2.45) is 0 Å². The number of carbonyl (C=O) groups is 1. The highest BCUT2D eigenvalue weighted by Gasteiger charge is 2.18. The van der Waals surface area contributed by atoms with Gasteiger partial charge >= 0.3 is 5.97 Å². The molecule has 0 aliphatic heterocycles. The van der Waals surface area contributed by atoms with Gasteiger partial charge in [0.2, 0.25) is 0 Å². The number of aromatic hydroxyl groups is 1. The molecule has 0 heterocycles. The lowest BCUT2D eigenvalue weighted by atomic mass is 10.2. The quantitative estimate of drug-likeness (QED) is 0.625. The molecule has 0 fully saturated rings. The molecule has 0 radical (unpaired) electrons. The molecular weight excluding hydrogens is 248 g/mol. The van der Waals surface area contributed by atoms with Gasteiger partial charge in [0, 0.05) is 0 Å². The third kappa shape index (κ3) is 3.43. The third-order valence-electron chi connectivity index (χ3n) is 1.83. The summed E-state index contributed by atoms with van der Waals surface area (Å²) in [5.74, 6) is -1.27. The summed E-state index contributed by atoms with van der Waals surface area (Å²) in [5.41, 5.74) is -0.311. The van der Waals surface area contributed by atoms with E-state index in [1.807, 2.05) is 0 Å². The highest BCUT2D eigenvalue weighted by Crippen LogP contribution is 2.22. The maximum atomic E-state index is 11.5. The van der Waals surface area contributed by atoms with E-state index in [-0.39, 0.29) is 5.56 Å². The molecule has 1 rings (SSSR count). The predicted octanol–water partition coefficient (Wildman–Crippen LogP) is 1.20. The highest BCUT2D eigenvalue weighted by atomic mass is 32.2.